The fourth-order valence-electron chi connectivity index (χ4n) is 2.32. The van der Waals surface area contributed by atoms with Gasteiger partial charge in [-0.25, -0.2) is 4.98 Å². The van der Waals surface area contributed by atoms with Gasteiger partial charge in [0.15, 0.2) is 0 Å². The van der Waals surface area contributed by atoms with Crippen molar-refractivity contribution in [3.63, 3.8) is 0 Å². The van der Waals surface area contributed by atoms with Crippen molar-refractivity contribution in [1.82, 2.24) is 9.97 Å². The van der Waals surface area contributed by atoms with Gasteiger partial charge < -0.3 is 5.32 Å². The predicted molar refractivity (Wildman–Crippen MR) is 98.2 cm³/mol. The summed E-state index contributed by atoms with van der Waals surface area (Å²) in [5.74, 6) is 0.417. The summed E-state index contributed by atoms with van der Waals surface area (Å²) in [7, 11) is 0. The number of hydrogen-bond donors (Lipinski definition) is 1. The fourth-order valence-corrected chi connectivity index (χ4v) is 3.11. The third kappa shape index (κ3) is 4.06. The molecule has 3 rings (SSSR count). The number of benzene rings is 1. The highest BCUT2D eigenvalue weighted by Gasteiger charge is 2.10. The van der Waals surface area contributed by atoms with Crippen LogP contribution in [-0.2, 0) is 11.2 Å². The fraction of sp³-hybridized carbons (Fsp3) is 0.211. The molecule has 1 amide bonds. The van der Waals surface area contributed by atoms with E-state index in [1.807, 2.05) is 47.8 Å². The van der Waals surface area contributed by atoms with Crippen molar-refractivity contribution in [3.8, 4) is 10.7 Å². The van der Waals surface area contributed by atoms with E-state index in [0.717, 1.165) is 22.1 Å². The maximum Gasteiger partial charge on any atom is 0.230 e. The summed E-state index contributed by atoms with van der Waals surface area (Å²) in [5, 5.41) is 5.66. The molecule has 24 heavy (non-hydrogen) atoms. The zero-order valence-corrected chi connectivity index (χ0v) is 14.5. The van der Waals surface area contributed by atoms with Crippen molar-refractivity contribution in [3.05, 3.63) is 65.3 Å². The first-order valence-electron chi connectivity index (χ1n) is 7.87. The SMILES string of the molecule is CC(C)c1ccc(NC(=O)Cc2csc(-c3ccccn3)n2)cc1. The van der Waals surface area contributed by atoms with Crippen molar-refractivity contribution < 1.29 is 4.79 Å². The van der Waals surface area contributed by atoms with Crippen LogP contribution >= 0.6 is 11.3 Å². The summed E-state index contributed by atoms with van der Waals surface area (Å²) < 4.78 is 0. The molecule has 0 bridgehead atoms. The maximum atomic E-state index is 12.2. The first-order chi connectivity index (χ1) is 11.6. The van der Waals surface area contributed by atoms with Gasteiger partial charge in [0.2, 0.25) is 5.91 Å². The number of thiazole rings is 1. The van der Waals surface area contributed by atoms with Gasteiger partial charge in [-0.1, -0.05) is 32.0 Å². The van der Waals surface area contributed by atoms with Gasteiger partial charge in [-0.05, 0) is 35.7 Å². The van der Waals surface area contributed by atoms with Crippen molar-refractivity contribution in [2.24, 2.45) is 0 Å². The topological polar surface area (TPSA) is 54.9 Å². The van der Waals surface area contributed by atoms with Gasteiger partial charge in [-0.3, -0.25) is 9.78 Å². The lowest BCUT2D eigenvalue weighted by atomic mass is 10.0. The molecule has 2 aromatic heterocycles. The number of nitrogens with zero attached hydrogens (tertiary/aromatic N) is 2. The monoisotopic (exact) mass is 337 g/mol. The highest BCUT2D eigenvalue weighted by Crippen LogP contribution is 2.22. The van der Waals surface area contributed by atoms with Gasteiger partial charge in [-0.15, -0.1) is 11.3 Å². The standard InChI is InChI=1S/C19H19N3OS/c1-13(2)14-6-8-15(9-7-14)21-18(23)11-16-12-24-19(22-16)17-5-3-4-10-20-17/h3-10,12-13H,11H2,1-2H3,(H,21,23). The molecule has 122 valence electrons. The molecular weight excluding hydrogens is 318 g/mol. The molecule has 1 aromatic carbocycles. The van der Waals surface area contributed by atoms with Crippen LogP contribution in [0.5, 0.6) is 0 Å². The highest BCUT2D eigenvalue weighted by molar-refractivity contribution is 7.13. The number of pyridine rings is 1. The first kappa shape index (κ1) is 16.3. The lowest BCUT2D eigenvalue weighted by Gasteiger charge is -2.08. The minimum absolute atomic E-state index is 0.0647. The molecule has 3 aromatic rings. The van der Waals surface area contributed by atoms with Gasteiger partial charge in [0.1, 0.15) is 5.01 Å². The molecule has 0 fully saturated rings. The second-order valence-corrected chi connectivity index (χ2v) is 6.72. The van der Waals surface area contributed by atoms with Crippen LogP contribution in [0.3, 0.4) is 0 Å². The van der Waals surface area contributed by atoms with E-state index in [2.05, 4.69) is 29.1 Å². The average molecular weight is 337 g/mol. The van der Waals surface area contributed by atoms with E-state index in [1.54, 1.807) is 6.20 Å². The van der Waals surface area contributed by atoms with Crippen molar-refractivity contribution in [1.29, 1.82) is 0 Å². The smallest absolute Gasteiger partial charge is 0.230 e. The quantitative estimate of drug-likeness (QED) is 0.745. The normalized spacial score (nSPS) is 10.8. The molecule has 1 N–H and O–H groups in total. The Kier molecular flexibility index (Phi) is 5.01. The molecule has 0 aliphatic rings. The largest absolute Gasteiger partial charge is 0.326 e. The third-order valence-electron chi connectivity index (χ3n) is 3.64. The van der Waals surface area contributed by atoms with E-state index in [9.17, 15) is 4.79 Å². The van der Waals surface area contributed by atoms with Crippen LogP contribution in [0, 0.1) is 0 Å². The molecule has 0 aliphatic heterocycles. The molecule has 0 aliphatic carbocycles. The molecule has 5 heteroatoms. The van der Waals surface area contributed by atoms with Crippen LogP contribution in [-0.4, -0.2) is 15.9 Å². The molecule has 0 saturated heterocycles. The van der Waals surface area contributed by atoms with Gasteiger partial charge in [0, 0.05) is 17.3 Å². The zero-order valence-electron chi connectivity index (χ0n) is 13.7. The van der Waals surface area contributed by atoms with Crippen LogP contribution < -0.4 is 5.32 Å². The van der Waals surface area contributed by atoms with Gasteiger partial charge in [-0.2, -0.15) is 0 Å². The Bertz CT molecular complexity index is 810. The van der Waals surface area contributed by atoms with Crippen LogP contribution in [0.1, 0.15) is 31.0 Å². The van der Waals surface area contributed by atoms with Crippen molar-refractivity contribution >= 4 is 22.9 Å². The van der Waals surface area contributed by atoms with Crippen LogP contribution in [0.15, 0.2) is 54.0 Å². The van der Waals surface area contributed by atoms with Crippen LogP contribution in [0.2, 0.25) is 0 Å². The Balaban J connectivity index is 1.62. The predicted octanol–water partition coefficient (Wildman–Crippen LogP) is 4.51. The maximum absolute atomic E-state index is 12.2. The first-order valence-corrected chi connectivity index (χ1v) is 8.75. The number of carbonyl (C=O) groups is 1. The van der Waals surface area contributed by atoms with Crippen LogP contribution in [0.25, 0.3) is 10.7 Å². The molecule has 4 nitrogen and oxygen atoms in total. The summed E-state index contributed by atoms with van der Waals surface area (Å²) in [6.07, 6.45) is 2.00. The van der Waals surface area contributed by atoms with E-state index in [0.29, 0.717) is 5.92 Å². The second-order valence-electron chi connectivity index (χ2n) is 5.86. The molecule has 0 saturated carbocycles. The minimum Gasteiger partial charge on any atom is -0.326 e. The second kappa shape index (κ2) is 7.36. The van der Waals surface area contributed by atoms with E-state index in [4.69, 9.17) is 0 Å². The average Bonchev–Trinajstić information content (AvgIpc) is 3.04. The van der Waals surface area contributed by atoms with E-state index < -0.39 is 0 Å². The minimum atomic E-state index is -0.0647. The summed E-state index contributed by atoms with van der Waals surface area (Å²) in [6.45, 7) is 4.30. The van der Waals surface area contributed by atoms with Crippen molar-refractivity contribution in [2.45, 2.75) is 26.2 Å². The van der Waals surface area contributed by atoms with E-state index >= 15 is 0 Å². The number of rotatable bonds is 5. The Morgan fingerprint density at radius 2 is 1.96 bits per heavy atom. The number of amides is 1. The number of aromatic nitrogens is 2. The highest BCUT2D eigenvalue weighted by atomic mass is 32.1. The summed E-state index contributed by atoms with van der Waals surface area (Å²) in [4.78, 5) is 21.0. The Labute approximate surface area is 145 Å². The molecule has 0 atom stereocenters. The number of carbonyl (C=O) groups excluding carboxylic acids is 1. The third-order valence-corrected chi connectivity index (χ3v) is 4.55. The molecule has 2 heterocycles. The zero-order chi connectivity index (χ0) is 16.9. The summed E-state index contributed by atoms with van der Waals surface area (Å²) >= 11 is 1.50. The number of hydrogen-bond acceptors (Lipinski definition) is 4. The van der Waals surface area contributed by atoms with Crippen molar-refractivity contribution in [2.75, 3.05) is 5.32 Å². The van der Waals surface area contributed by atoms with E-state index in [1.165, 1.54) is 16.9 Å². The van der Waals surface area contributed by atoms with Gasteiger partial charge in [0.25, 0.3) is 0 Å². The lowest BCUT2D eigenvalue weighted by molar-refractivity contribution is -0.115. The summed E-state index contributed by atoms with van der Waals surface area (Å²) in [6, 6.07) is 13.7. The number of nitrogens with one attached hydrogen (secondary N) is 1. The van der Waals surface area contributed by atoms with Gasteiger partial charge >= 0.3 is 0 Å². The Morgan fingerprint density at radius 3 is 2.62 bits per heavy atom. The molecular formula is C19H19N3OS. The Morgan fingerprint density at radius 1 is 1.17 bits per heavy atom. The molecule has 0 spiro atoms. The summed E-state index contributed by atoms with van der Waals surface area (Å²) in [5.41, 5.74) is 3.66. The lowest BCUT2D eigenvalue weighted by Crippen LogP contribution is -2.14. The van der Waals surface area contributed by atoms with E-state index in [-0.39, 0.29) is 12.3 Å². The van der Waals surface area contributed by atoms with Gasteiger partial charge in [0.05, 0.1) is 17.8 Å². The Hall–Kier alpha value is -2.53. The number of anilines is 1. The van der Waals surface area contributed by atoms with Crippen LogP contribution in [0.4, 0.5) is 5.69 Å². The molecule has 0 radical (unpaired) electrons. The molecule has 0 unspecified atom stereocenters.